The standard InChI is InChI=1S/C13H18N2O4/c1-9(14-12(16)19-13(2,3)4)10-5-7-11(8-6-10)15(17)18/h5-9H,1-4H3,(H,14,16)/t9-/m1/s1. The number of nitrogens with zero attached hydrogens (tertiary/aromatic N) is 1. The van der Waals surface area contributed by atoms with Gasteiger partial charge in [0.2, 0.25) is 0 Å². The molecule has 6 heteroatoms. The number of benzene rings is 1. The molecule has 104 valence electrons. The van der Waals surface area contributed by atoms with Crippen LogP contribution in [-0.2, 0) is 4.74 Å². The smallest absolute Gasteiger partial charge is 0.408 e. The first kappa shape index (κ1) is 14.9. The highest BCUT2D eigenvalue weighted by atomic mass is 16.6. The molecule has 0 aliphatic carbocycles. The number of non-ortho nitro benzene ring substituents is 1. The van der Waals surface area contributed by atoms with E-state index >= 15 is 0 Å². The highest BCUT2D eigenvalue weighted by molar-refractivity contribution is 5.68. The van der Waals surface area contributed by atoms with Crippen molar-refractivity contribution in [3.8, 4) is 0 Å². The van der Waals surface area contributed by atoms with Gasteiger partial charge in [-0.05, 0) is 33.3 Å². The van der Waals surface area contributed by atoms with Crippen LogP contribution in [0, 0.1) is 10.1 Å². The van der Waals surface area contributed by atoms with Crippen molar-refractivity contribution in [1.29, 1.82) is 0 Å². The Bertz CT molecular complexity index is 463. The molecular weight excluding hydrogens is 248 g/mol. The SMILES string of the molecule is C[C@@H](NC(=O)OC(C)(C)C)c1ccc([N+](=O)[O-])cc1. The molecule has 1 atom stereocenters. The van der Waals surface area contributed by atoms with E-state index in [0.717, 1.165) is 5.56 Å². The van der Waals surface area contributed by atoms with Gasteiger partial charge in [-0.3, -0.25) is 10.1 Å². The van der Waals surface area contributed by atoms with Crippen LogP contribution in [0.15, 0.2) is 24.3 Å². The van der Waals surface area contributed by atoms with E-state index in [2.05, 4.69) is 5.32 Å². The predicted molar refractivity (Wildman–Crippen MR) is 70.9 cm³/mol. The fourth-order valence-electron chi connectivity index (χ4n) is 1.45. The van der Waals surface area contributed by atoms with Gasteiger partial charge in [-0.15, -0.1) is 0 Å². The van der Waals surface area contributed by atoms with Crippen LogP contribution < -0.4 is 5.32 Å². The normalized spacial score (nSPS) is 12.6. The van der Waals surface area contributed by atoms with Crippen molar-refractivity contribution in [3.05, 3.63) is 39.9 Å². The van der Waals surface area contributed by atoms with Crippen LogP contribution in [0.5, 0.6) is 0 Å². The van der Waals surface area contributed by atoms with E-state index in [9.17, 15) is 14.9 Å². The van der Waals surface area contributed by atoms with E-state index in [4.69, 9.17) is 4.74 Å². The Labute approximate surface area is 111 Å². The number of nitro benzene ring substituents is 1. The number of ether oxygens (including phenoxy) is 1. The van der Waals surface area contributed by atoms with Gasteiger partial charge in [-0.2, -0.15) is 0 Å². The van der Waals surface area contributed by atoms with Crippen molar-refractivity contribution >= 4 is 11.8 Å². The molecule has 1 aromatic rings. The maximum atomic E-state index is 11.6. The molecule has 0 saturated carbocycles. The van der Waals surface area contributed by atoms with Gasteiger partial charge in [0.15, 0.2) is 0 Å². The van der Waals surface area contributed by atoms with Gasteiger partial charge in [0, 0.05) is 12.1 Å². The van der Waals surface area contributed by atoms with Crippen molar-refractivity contribution < 1.29 is 14.5 Å². The Balaban J connectivity index is 2.65. The molecule has 6 nitrogen and oxygen atoms in total. The molecule has 0 aromatic heterocycles. The molecule has 0 bridgehead atoms. The summed E-state index contributed by atoms with van der Waals surface area (Å²) in [4.78, 5) is 21.6. The molecular formula is C13H18N2O4. The van der Waals surface area contributed by atoms with Crippen molar-refractivity contribution in [2.75, 3.05) is 0 Å². The first-order valence-electron chi connectivity index (χ1n) is 5.93. The third kappa shape index (κ3) is 4.95. The number of hydrogen-bond acceptors (Lipinski definition) is 4. The van der Waals surface area contributed by atoms with E-state index in [1.54, 1.807) is 39.8 Å². The zero-order chi connectivity index (χ0) is 14.6. The lowest BCUT2D eigenvalue weighted by Gasteiger charge is -2.22. The van der Waals surface area contributed by atoms with Crippen LogP contribution in [-0.4, -0.2) is 16.6 Å². The number of rotatable bonds is 3. The maximum Gasteiger partial charge on any atom is 0.408 e. The van der Waals surface area contributed by atoms with Crippen LogP contribution in [0.4, 0.5) is 10.5 Å². The monoisotopic (exact) mass is 266 g/mol. The van der Waals surface area contributed by atoms with Crippen LogP contribution in [0.25, 0.3) is 0 Å². The number of nitrogens with one attached hydrogen (secondary N) is 1. The molecule has 0 saturated heterocycles. The van der Waals surface area contributed by atoms with E-state index in [-0.39, 0.29) is 11.7 Å². The third-order valence-electron chi connectivity index (χ3n) is 2.34. The number of hydrogen-bond donors (Lipinski definition) is 1. The summed E-state index contributed by atoms with van der Waals surface area (Å²) < 4.78 is 5.13. The second-order valence-corrected chi connectivity index (χ2v) is 5.22. The second kappa shape index (κ2) is 5.69. The van der Waals surface area contributed by atoms with Gasteiger partial charge >= 0.3 is 6.09 Å². The summed E-state index contributed by atoms with van der Waals surface area (Å²) in [7, 11) is 0. The minimum atomic E-state index is -0.556. The second-order valence-electron chi connectivity index (χ2n) is 5.22. The molecule has 0 heterocycles. The summed E-state index contributed by atoms with van der Waals surface area (Å²) >= 11 is 0. The van der Waals surface area contributed by atoms with Crippen molar-refractivity contribution in [1.82, 2.24) is 5.32 Å². The summed E-state index contributed by atoms with van der Waals surface area (Å²) in [5, 5.41) is 13.2. The quantitative estimate of drug-likeness (QED) is 0.673. The Kier molecular flexibility index (Phi) is 4.47. The van der Waals surface area contributed by atoms with Gasteiger partial charge < -0.3 is 10.1 Å². The minimum Gasteiger partial charge on any atom is -0.444 e. The predicted octanol–water partition coefficient (Wildman–Crippen LogP) is 3.18. The van der Waals surface area contributed by atoms with E-state index < -0.39 is 16.6 Å². The van der Waals surface area contributed by atoms with Crippen molar-refractivity contribution in [2.45, 2.75) is 39.3 Å². The molecule has 0 radical (unpaired) electrons. The first-order valence-corrected chi connectivity index (χ1v) is 5.93. The fourth-order valence-corrected chi connectivity index (χ4v) is 1.45. The third-order valence-corrected chi connectivity index (χ3v) is 2.34. The minimum absolute atomic E-state index is 0.0215. The zero-order valence-corrected chi connectivity index (χ0v) is 11.5. The molecule has 19 heavy (non-hydrogen) atoms. The highest BCUT2D eigenvalue weighted by Gasteiger charge is 2.18. The molecule has 0 aliphatic rings. The highest BCUT2D eigenvalue weighted by Crippen LogP contribution is 2.18. The van der Waals surface area contributed by atoms with Gasteiger partial charge in [-0.25, -0.2) is 4.79 Å². The zero-order valence-electron chi connectivity index (χ0n) is 11.5. The molecule has 1 rings (SSSR count). The molecule has 0 aliphatic heterocycles. The largest absolute Gasteiger partial charge is 0.444 e. The Morgan fingerprint density at radius 2 is 1.84 bits per heavy atom. The average Bonchev–Trinajstić information content (AvgIpc) is 2.26. The fraction of sp³-hybridized carbons (Fsp3) is 0.462. The molecule has 1 aromatic carbocycles. The number of nitro groups is 1. The lowest BCUT2D eigenvalue weighted by molar-refractivity contribution is -0.384. The number of carbonyl (C=O) groups is 1. The maximum absolute atomic E-state index is 11.6. The van der Waals surface area contributed by atoms with E-state index in [1.807, 2.05) is 0 Å². The summed E-state index contributed by atoms with van der Waals surface area (Å²) in [6, 6.07) is 5.75. The molecule has 0 spiro atoms. The summed E-state index contributed by atoms with van der Waals surface area (Å²) in [6.07, 6.45) is -0.515. The topological polar surface area (TPSA) is 81.5 Å². The van der Waals surface area contributed by atoms with Crippen molar-refractivity contribution in [3.63, 3.8) is 0 Å². The Hall–Kier alpha value is -2.11. The molecule has 1 amide bonds. The van der Waals surface area contributed by atoms with Crippen molar-refractivity contribution in [2.24, 2.45) is 0 Å². The van der Waals surface area contributed by atoms with E-state index in [1.165, 1.54) is 12.1 Å². The van der Waals surface area contributed by atoms with Crippen LogP contribution in [0.2, 0.25) is 0 Å². The average molecular weight is 266 g/mol. The summed E-state index contributed by atoms with van der Waals surface area (Å²) in [5.41, 5.74) is 0.240. The van der Waals surface area contributed by atoms with Crippen LogP contribution in [0.3, 0.4) is 0 Å². The van der Waals surface area contributed by atoms with Gasteiger partial charge in [0.05, 0.1) is 11.0 Å². The van der Waals surface area contributed by atoms with Gasteiger partial charge in [0.25, 0.3) is 5.69 Å². The Morgan fingerprint density at radius 1 is 1.32 bits per heavy atom. The van der Waals surface area contributed by atoms with E-state index in [0.29, 0.717) is 0 Å². The molecule has 0 fully saturated rings. The lowest BCUT2D eigenvalue weighted by atomic mass is 10.1. The van der Waals surface area contributed by atoms with Crippen LogP contribution >= 0.6 is 0 Å². The van der Waals surface area contributed by atoms with Gasteiger partial charge in [-0.1, -0.05) is 12.1 Å². The summed E-state index contributed by atoms with van der Waals surface area (Å²) in [6.45, 7) is 7.13. The van der Waals surface area contributed by atoms with Crippen LogP contribution in [0.1, 0.15) is 39.3 Å². The number of alkyl carbamates (subject to hydrolysis) is 1. The molecule has 0 unspecified atom stereocenters. The van der Waals surface area contributed by atoms with Gasteiger partial charge in [0.1, 0.15) is 5.60 Å². The number of amides is 1. The Morgan fingerprint density at radius 3 is 2.26 bits per heavy atom. The number of carbonyl (C=O) groups excluding carboxylic acids is 1. The first-order chi connectivity index (χ1) is 8.69. The lowest BCUT2D eigenvalue weighted by Crippen LogP contribution is -2.34. The molecule has 1 N–H and O–H groups in total. The summed E-state index contributed by atoms with van der Waals surface area (Å²) in [5.74, 6) is 0.